The molecule has 6 heteroatoms. The van der Waals surface area contributed by atoms with Crippen molar-refractivity contribution in [1.82, 2.24) is 5.32 Å². The maximum atomic E-state index is 12.9. The van der Waals surface area contributed by atoms with Crippen molar-refractivity contribution < 1.29 is 19.2 Å². The van der Waals surface area contributed by atoms with Crippen molar-refractivity contribution in [1.29, 1.82) is 0 Å². The van der Waals surface area contributed by atoms with Gasteiger partial charge in [0, 0.05) is 0 Å². The predicted octanol–water partition coefficient (Wildman–Crippen LogP) is 3.03. The summed E-state index contributed by atoms with van der Waals surface area (Å²) in [5.41, 5.74) is 4.71. The molecule has 1 aliphatic carbocycles. The molecule has 156 valence electrons. The number of carbonyl (C=O) groups is 4. The Kier molecular flexibility index (Phi) is 3.92. The van der Waals surface area contributed by atoms with Gasteiger partial charge in [0.15, 0.2) is 0 Å². The lowest BCUT2D eigenvalue weighted by Gasteiger charge is -2.36. The van der Waals surface area contributed by atoms with Crippen LogP contribution in [0, 0.1) is 23.7 Å². The summed E-state index contributed by atoms with van der Waals surface area (Å²) in [5, 5.41) is 2.24. The molecule has 4 amide bonds. The number of rotatable bonds is 3. The highest BCUT2D eigenvalue weighted by molar-refractivity contribution is 6.27. The molecule has 0 bridgehead atoms. The number of hydrogen-bond donors (Lipinski definition) is 1. The van der Waals surface area contributed by atoms with Crippen LogP contribution in [-0.4, -0.2) is 23.6 Å². The summed E-state index contributed by atoms with van der Waals surface area (Å²) in [6.45, 7) is 0. The lowest BCUT2D eigenvalue weighted by molar-refractivity contribution is -0.146. The van der Waals surface area contributed by atoms with Crippen LogP contribution < -0.4 is 10.2 Å². The van der Waals surface area contributed by atoms with E-state index in [1.807, 2.05) is 42.5 Å². The Hall–Kier alpha value is -4.06. The topological polar surface area (TPSA) is 83.6 Å². The van der Waals surface area contributed by atoms with Crippen LogP contribution in [0.5, 0.6) is 0 Å². The number of imide groups is 2. The molecule has 0 aromatic heterocycles. The summed E-state index contributed by atoms with van der Waals surface area (Å²) in [4.78, 5) is 50.9. The summed E-state index contributed by atoms with van der Waals surface area (Å²) in [6, 6.07) is 25.5. The van der Waals surface area contributed by atoms with Crippen molar-refractivity contribution in [3.05, 3.63) is 78.9 Å². The summed E-state index contributed by atoms with van der Waals surface area (Å²) < 4.78 is 0. The highest BCUT2D eigenvalue weighted by Crippen LogP contribution is 2.55. The molecule has 0 radical (unpaired) electrons. The zero-order valence-corrected chi connectivity index (χ0v) is 16.9. The molecule has 3 aliphatic rings. The van der Waals surface area contributed by atoms with Gasteiger partial charge in [0.2, 0.25) is 23.6 Å². The number of anilines is 1. The van der Waals surface area contributed by atoms with E-state index in [0.29, 0.717) is 5.69 Å². The second-order valence-electron chi connectivity index (χ2n) is 8.46. The molecule has 32 heavy (non-hydrogen) atoms. The third-order valence-corrected chi connectivity index (χ3v) is 6.86. The van der Waals surface area contributed by atoms with Gasteiger partial charge in [-0.15, -0.1) is 0 Å². The van der Waals surface area contributed by atoms with Crippen molar-refractivity contribution in [3.8, 4) is 22.3 Å². The third kappa shape index (κ3) is 2.52. The highest BCUT2D eigenvalue weighted by atomic mass is 16.2. The molecule has 2 heterocycles. The second kappa shape index (κ2) is 6.72. The van der Waals surface area contributed by atoms with Gasteiger partial charge in [-0.2, -0.15) is 0 Å². The molecule has 1 saturated carbocycles. The number of carbonyl (C=O) groups excluding carboxylic acids is 4. The van der Waals surface area contributed by atoms with Crippen LogP contribution >= 0.6 is 0 Å². The molecule has 1 N–H and O–H groups in total. The van der Waals surface area contributed by atoms with Crippen LogP contribution in [0.25, 0.3) is 22.3 Å². The molecule has 3 aromatic carbocycles. The minimum absolute atomic E-state index is 0.397. The fourth-order valence-electron chi connectivity index (χ4n) is 5.25. The number of fused-ring (bicyclic) bond motifs is 4. The first-order chi connectivity index (χ1) is 15.5. The number of nitrogens with zero attached hydrogens (tertiary/aromatic N) is 1. The smallest absolute Gasteiger partial charge is 0.238 e. The van der Waals surface area contributed by atoms with E-state index in [1.165, 1.54) is 0 Å². The van der Waals surface area contributed by atoms with E-state index in [-0.39, 0.29) is 0 Å². The quantitative estimate of drug-likeness (QED) is 0.658. The molecular weight excluding hydrogens is 404 g/mol. The molecule has 0 spiro atoms. The zero-order valence-electron chi connectivity index (χ0n) is 16.9. The molecule has 4 atom stereocenters. The van der Waals surface area contributed by atoms with Gasteiger partial charge >= 0.3 is 0 Å². The van der Waals surface area contributed by atoms with Gasteiger partial charge in [-0.05, 0) is 34.4 Å². The van der Waals surface area contributed by atoms with Gasteiger partial charge in [-0.3, -0.25) is 29.4 Å². The van der Waals surface area contributed by atoms with E-state index < -0.39 is 47.3 Å². The third-order valence-electron chi connectivity index (χ3n) is 6.86. The average Bonchev–Trinajstić information content (AvgIpc) is 3.15. The zero-order chi connectivity index (χ0) is 22.0. The molecule has 3 fully saturated rings. The van der Waals surface area contributed by atoms with Crippen LogP contribution in [0.2, 0.25) is 0 Å². The average molecular weight is 422 g/mol. The Bertz CT molecular complexity index is 1240. The SMILES string of the molecule is O=C1NC(=O)C2C1C1C(=O)N(c3ccc(-c4ccc(-c5ccccc5)cc4)cc3)C(=O)C21. The van der Waals surface area contributed by atoms with Crippen LogP contribution in [0.15, 0.2) is 78.9 Å². The van der Waals surface area contributed by atoms with Crippen molar-refractivity contribution in [2.75, 3.05) is 4.90 Å². The van der Waals surface area contributed by atoms with E-state index >= 15 is 0 Å². The number of nitrogens with one attached hydrogen (secondary N) is 1. The van der Waals surface area contributed by atoms with Crippen molar-refractivity contribution in [2.45, 2.75) is 0 Å². The summed E-state index contributed by atoms with van der Waals surface area (Å²) in [7, 11) is 0. The van der Waals surface area contributed by atoms with Crippen molar-refractivity contribution in [3.63, 3.8) is 0 Å². The van der Waals surface area contributed by atoms with Crippen LogP contribution in [0.4, 0.5) is 5.69 Å². The molecule has 4 unspecified atom stereocenters. The van der Waals surface area contributed by atoms with Crippen LogP contribution in [0.3, 0.4) is 0 Å². The van der Waals surface area contributed by atoms with E-state index in [4.69, 9.17) is 0 Å². The Balaban J connectivity index is 1.25. The van der Waals surface area contributed by atoms with E-state index in [1.54, 1.807) is 12.1 Å². The Morgan fingerprint density at radius 3 is 1.38 bits per heavy atom. The normalized spacial score (nSPS) is 25.9. The van der Waals surface area contributed by atoms with Gasteiger partial charge in [0.05, 0.1) is 29.4 Å². The summed E-state index contributed by atoms with van der Waals surface area (Å²) in [5.74, 6) is -4.57. The molecule has 3 aromatic rings. The van der Waals surface area contributed by atoms with Gasteiger partial charge in [0.25, 0.3) is 0 Å². The minimum Gasteiger partial charge on any atom is -0.296 e. The molecule has 6 nitrogen and oxygen atoms in total. The van der Waals surface area contributed by atoms with E-state index in [9.17, 15) is 19.2 Å². The fraction of sp³-hybridized carbons (Fsp3) is 0.154. The van der Waals surface area contributed by atoms with Crippen molar-refractivity contribution in [2.24, 2.45) is 23.7 Å². The highest BCUT2D eigenvalue weighted by Gasteiger charge is 2.71. The Morgan fingerprint density at radius 2 is 0.906 bits per heavy atom. The standard InChI is InChI=1S/C26H18N2O4/c29-23-19-20(24(30)27-23)22-21(19)25(31)28(26(22)32)18-12-10-17(11-13-18)16-8-6-15(7-9-16)14-4-2-1-3-5-14/h1-13,19-22H,(H,27,29,30). The van der Waals surface area contributed by atoms with Crippen molar-refractivity contribution >= 4 is 29.3 Å². The lowest BCUT2D eigenvalue weighted by Crippen LogP contribution is -2.50. The number of hydrogen-bond acceptors (Lipinski definition) is 4. The van der Waals surface area contributed by atoms with Gasteiger partial charge in [0.1, 0.15) is 0 Å². The lowest BCUT2D eigenvalue weighted by atomic mass is 9.59. The van der Waals surface area contributed by atoms with E-state index in [2.05, 4.69) is 29.6 Å². The van der Waals surface area contributed by atoms with Crippen LogP contribution in [-0.2, 0) is 19.2 Å². The second-order valence-corrected chi connectivity index (χ2v) is 8.46. The first-order valence-corrected chi connectivity index (χ1v) is 10.5. The Labute approximate surface area is 183 Å². The van der Waals surface area contributed by atoms with Gasteiger partial charge < -0.3 is 0 Å². The molecule has 2 saturated heterocycles. The number of benzene rings is 3. The monoisotopic (exact) mass is 422 g/mol. The maximum absolute atomic E-state index is 12.9. The molecular formula is C26H18N2O4. The predicted molar refractivity (Wildman–Crippen MR) is 117 cm³/mol. The largest absolute Gasteiger partial charge is 0.296 e. The van der Waals surface area contributed by atoms with E-state index in [0.717, 1.165) is 27.2 Å². The first kappa shape index (κ1) is 18.7. The van der Waals surface area contributed by atoms with Crippen LogP contribution in [0.1, 0.15) is 0 Å². The first-order valence-electron chi connectivity index (χ1n) is 10.5. The minimum atomic E-state index is -0.732. The maximum Gasteiger partial charge on any atom is 0.238 e. The summed E-state index contributed by atoms with van der Waals surface area (Å²) >= 11 is 0. The molecule has 2 aliphatic heterocycles. The fourth-order valence-corrected chi connectivity index (χ4v) is 5.25. The number of amides is 4. The molecule has 6 rings (SSSR count). The Morgan fingerprint density at radius 1 is 0.500 bits per heavy atom. The van der Waals surface area contributed by atoms with Gasteiger partial charge in [-0.1, -0.05) is 66.7 Å². The van der Waals surface area contributed by atoms with Gasteiger partial charge in [-0.25, -0.2) is 0 Å². The summed E-state index contributed by atoms with van der Waals surface area (Å²) in [6.07, 6.45) is 0.